The molecule has 3 aliphatic rings. The molecule has 1 heterocycles. The van der Waals surface area contributed by atoms with Crippen LogP contribution in [-0.2, 0) is 0 Å². The quantitative estimate of drug-likeness (QED) is 0.447. The van der Waals surface area contributed by atoms with E-state index < -0.39 is 0 Å². The maximum Gasteiger partial charge on any atom is 0.277 e. The van der Waals surface area contributed by atoms with Crippen molar-refractivity contribution in [3.05, 3.63) is 0 Å². The third-order valence-corrected chi connectivity index (χ3v) is 10.4. The van der Waals surface area contributed by atoms with Crippen LogP contribution in [0.2, 0.25) is 0 Å². The molecule has 2 heteroatoms. The topological polar surface area (TPSA) is 0 Å². The second-order valence-corrected chi connectivity index (χ2v) is 9.46. The first-order valence-corrected chi connectivity index (χ1v) is 9.05. The molecule has 0 aromatic carbocycles. The van der Waals surface area contributed by atoms with E-state index in [1.54, 1.807) is 12.8 Å². The van der Waals surface area contributed by atoms with Gasteiger partial charge in [-0.3, -0.25) is 0 Å². The molecule has 5 unspecified atom stereocenters. The minimum Gasteiger partial charge on any atom is -0.118 e. The lowest BCUT2D eigenvalue weighted by molar-refractivity contribution is -0.708. The van der Waals surface area contributed by atoms with Gasteiger partial charge in [-0.2, -0.15) is 0 Å². The molecule has 0 aromatic rings. The summed E-state index contributed by atoms with van der Waals surface area (Å²) in [5, 5.41) is 0.576. The van der Waals surface area contributed by atoms with E-state index in [0.29, 0.717) is 26.6 Å². The van der Waals surface area contributed by atoms with Gasteiger partial charge in [0.05, 0.1) is 5.38 Å². The summed E-state index contributed by atoms with van der Waals surface area (Å²) in [6.45, 7) is 0. The molecule has 0 radical (unpaired) electrons. The lowest BCUT2D eigenvalue weighted by Crippen LogP contribution is -3.68. The fourth-order valence-corrected chi connectivity index (χ4v) is 9.94. The van der Waals surface area contributed by atoms with Gasteiger partial charge in [0, 0.05) is 11.8 Å². The molecule has 5 atom stereocenters. The third kappa shape index (κ3) is 1.63. The van der Waals surface area contributed by atoms with E-state index in [-0.39, 0.29) is 0 Å². The zero-order chi connectivity index (χ0) is 9.54. The van der Waals surface area contributed by atoms with Gasteiger partial charge >= 0.3 is 0 Å². The van der Waals surface area contributed by atoms with Crippen LogP contribution in [-0.4, -0.2) is 13.2 Å². The van der Waals surface area contributed by atoms with Crippen molar-refractivity contribution in [3.8, 4) is 0 Å². The van der Waals surface area contributed by atoms with Crippen molar-refractivity contribution in [2.75, 3.05) is 0 Å². The van der Waals surface area contributed by atoms with E-state index >= 15 is 0 Å². The van der Waals surface area contributed by atoms with E-state index in [0.717, 1.165) is 15.8 Å². The molecule has 0 aromatic heterocycles. The summed E-state index contributed by atoms with van der Waals surface area (Å²) < 4.78 is 2.19. The Hall–Kier alpha value is 1.02. The Bertz CT molecular complexity index is 216. The number of hydrogen-bond acceptors (Lipinski definition) is 0. The van der Waals surface area contributed by atoms with E-state index in [1.165, 1.54) is 36.0 Å². The van der Waals surface area contributed by atoms with E-state index in [9.17, 15) is 0 Å². The maximum absolute atomic E-state index is 6.51. The Kier molecular flexibility index (Phi) is 3.00. The summed E-state index contributed by atoms with van der Waals surface area (Å²) in [6, 6.07) is 0. The lowest BCUT2D eigenvalue weighted by atomic mass is 9.73. The SMILES string of the molecule is ClC1CCCC2C3CCCCC3[I+]C12. The van der Waals surface area contributed by atoms with Crippen LogP contribution >= 0.6 is 11.6 Å². The highest BCUT2D eigenvalue weighted by Crippen LogP contribution is 2.39. The molecule has 2 saturated carbocycles. The molecule has 0 N–H and O–H groups in total. The highest BCUT2D eigenvalue weighted by atomic mass is 127. The van der Waals surface area contributed by atoms with Crippen LogP contribution in [0.1, 0.15) is 44.9 Å². The highest BCUT2D eigenvalue weighted by Gasteiger charge is 2.58. The number of rotatable bonds is 0. The highest BCUT2D eigenvalue weighted by molar-refractivity contribution is 6.21. The average Bonchev–Trinajstić information content (AvgIpc) is 2.59. The number of fused-ring (bicyclic) bond motifs is 3. The zero-order valence-electron chi connectivity index (χ0n) is 8.59. The molecule has 3 rings (SSSR count). The van der Waals surface area contributed by atoms with Crippen LogP contribution in [0.5, 0.6) is 0 Å². The fraction of sp³-hybridized carbons (Fsp3) is 1.00. The predicted octanol–water partition coefficient (Wildman–Crippen LogP) is 0.424. The largest absolute Gasteiger partial charge is 0.277 e. The lowest BCUT2D eigenvalue weighted by Gasteiger charge is -2.28. The van der Waals surface area contributed by atoms with Gasteiger partial charge in [0.15, 0.2) is 7.85 Å². The molecule has 0 spiro atoms. The van der Waals surface area contributed by atoms with Gasteiger partial charge in [0.25, 0.3) is 21.2 Å². The van der Waals surface area contributed by atoms with Crippen LogP contribution in [0.25, 0.3) is 0 Å². The molecule has 0 nitrogen and oxygen atoms in total. The molecule has 14 heavy (non-hydrogen) atoms. The van der Waals surface area contributed by atoms with Crippen LogP contribution in [0, 0.1) is 11.8 Å². The van der Waals surface area contributed by atoms with Crippen molar-refractivity contribution in [1.82, 2.24) is 0 Å². The van der Waals surface area contributed by atoms with E-state index in [1.807, 2.05) is 0 Å². The number of halogens is 2. The van der Waals surface area contributed by atoms with Gasteiger partial charge in [0.2, 0.25) is 0 Å². The minimum atomic E-state index is 0.447. The van der Waals surface area contributed by atoms with Crippen LogP contribution in [0.3, 0.4) is 0 Å². The Morgan fingerprint density at radius 1 is 0.857 bits per heavy atom. The van der Waals surface area contributed by atoms with Crippen molar-refractivity contribution in [2.24, 2.45) is 11.8 Å². The summed E-state index contributed by atoms with van der Waals surface area (Å²) in [5.41, 5.74) is 0. The summed E-state index contributed by atoms with van der Waals surface area (Å²) in [6.07, 6.45) is 10.4. The predicted molar refractivity (Wildman–Crippen MR) is 56.5 cm³/mol. The first-order chi connectivity index (χ1) is 6.86. The van der Waals surface area contributed by atoms with E-state index in [4.69, 9.17) is 11.6 Å². The van der Waals surface area contributed by atoms with Crippen molar-refractivity contribution >= 4 is 11.6 Å². The van der Waals surface area contributed by atoms with Crippen molar-refractivity contribution in [3.63, 3.8) is 0 Å². The molecule has 0 bridgehead atoms. The molecule has 1 aliphatic heterocycles. The standard InChI is InChI=1S/C12H19ClI/c13-10-6-3-5-9-8-4-1-2-7-11(8)14-12(9)10/h8-12H,1-7H2/q+1. The Balaban J connectivity index is 1.79. The molecule has 0 amide bonds. The van der Waals surface area contributed by atoms with Gasteiger partial charge in [-0.1, -0.05) is 12.8 Å². The third-order valence-electron chi connectivity index (χ3n) is 4.36. The molecular weight excluding hydrogens is 306 g/mol. The molecule has 3 fully saturated rings. The van der Waals surface area contributed by atoms with Gasteiger partial charge in [-0.25, -0.2) is 0 Å². The van der Waals surface area contributed by atoms with Gasteiger partial charge in [-0.15, -0.1) is 11.6 Å². The molecule has 2 aliphatic carbocycles. The monoisotopic (exact) mass is 325 g/mol. The second-order valence-electron chi connectivity index (χ2n) is 5.15. The Labute approximate surface area is 102 Å². The first kappa shape index (κ1) is 10.2. The average molecular weight is 326 g/mol. The van der Waals surface area contributed by atoms with Gasteiger partial charge < -0.3 is 0 Å². The first-order valence-electron chi connectivity index (χ1n) is 6.12. The minimum absolute atomic E-state index is 0.447. The van der Waals surface area contributed by atoms with E-state index in [2.05, 4.69) is 0 Å². The Morgan fingerprint density at radius 2 is 1.64 bits per heavy atom. The number of alkyl halides is 3. The van der Waals surface area contributed by atoms with Crippen LogP contribution < -0.4 is 21.2 Å². The van der Waals surface area contributed by atoms with Crippen molar-refractivity contribution < 1.29 is 21.2 Å². The van der Waals surface area contributed by atoms with Crippen LogP contribution in [0.15, 0.2) is 0 Å². The van der Waals surface area contributed by atoms with Gasteiger partial charge in [0.1, 0.15) is 0 Å². The summed E-state index contributed by atoms with van der Waals surface area (Å²) in [4.78, 5) is 0. The summed E-state index contributed by atoms with van der Waals surface area (Å²) in [7, 11) is 0. The van der Waals surface area contributed by atoms with Gasteiger partial charge in [-0.05, 0) is 32.1 Å². The summed E-state index contributed by atoms with van der Waals surface area (Å²) in [5.74, 6) is 2.20. The van der Waals surface area contributed by atoms with Crippen molar-refractivity contribution in [1.29, 1.82) is 0 Å². The molecule has 80 valence electrons. The Morgan fingerprint density at radius 3 is 2.57 bits per heavy atom. The fourth-order valence-electron chi connectivity index (χ4n) is 3.70. The normalized spacial score (nSPS) is 52.5. The van der Waals surface area contributed by atoms with Crippen LogP contribution in [0.4, 0.5) is 0 Å². The van der Waals surface area contributed by atoms with Crippen molar-refractivity contribution in [2.45, 2.75) is 58.2 Å². The maximum atomic E-state index is 6.51. The zero-order valence-corrected chi connectivity index (χ0v) is 11.5. The second kappa shape index (κ2) is 4.12. The molecule has 1 saturated heterocycles. The summed E-state index contributed by atoms with van der Waals surface area (Å²) >= 11 is 6.96. The molecular formula is C12H19ClI+. The smallest absolute Gasteiger partial charge is 0.118 e. The number of hydrogen-bond donors (Lipinski definition) is 0.